The molecule has 0 radical (unpaired) electrons. The first kappa shape index (κ1) is 14.7. The van der Waals surface area contributed by atoms with Crippen molar-refractivity contribution in [2.75, 3.05) is 13.7 Å². The summed E-state index contributed by atoms with van der Waals surface area (Å²) in [7, 11) is 1.60. The number of aliphatic hydroxyl groups excluding tert-OH is 1. The Kier molecular flexibility index (Phi) is 5.82. The van der Waals surface area contributed by atoms with Crippen molar-refractivity contribution >= 4 is 5.91 Å². The lowest BCUT2D eigenvalue weighted by atomic mass is 10.0. The lowest BCUT2D eigenvalue weighted by Crippen LogP contribution is -2.38. The summed E-state index contributed by atoms with van der Waals surface area (Å²) in [5.41, 5.74) is 1.48. The van der Waals surface area contributed by atoms with Crippen LogP contribution in [0.2, 0.25) is 0 Å². The third-order valence-electron chi connectivity index (χ3n) is 3.06. The van der Waals surface area contributed by atoms with Gasteiger partial charge in [0.1, 0.15) is 0 Å². The second-order valence-corrected chi connectivity index (χ2v) is 4.51. The first-order valence-corrected chi connectivity index (χ1v) is 6.08. The normalized spacial score (nSPS) is 14.0. The van der Waals surface area contributed by atoms with E-state index in [1.54, 1.807) is 13.2 Å². The molecule has 4 nitrogen and oxygen atoms in total. The number of benzene rings is 1. The highest BCUT2D eigenvalue weighted by Gasteiger charge is 2.16. The largest absolute Gasteiger partial charge is 0.396 e. The molecule has 0 aliphatic carbocycles. The highest BCUT2D eigenvalue weighted by atomic mass is 16.5. The number of ether oxygens (including phenoxy) is 1. The summed E-state index contributed by atoms with van der Waals surface area (Å²) in [5.74, 6) is -0.0982. The summed E-state index contributed by atoms with van der Waals surface area (Å²) >= 11 is 0. The van der Waals surface area contributed by atoms with Crippen LogP contribution < -0.4 is 5.32 Å². The van der Waals surface area contributed by atoms with Gasteiger partial charge in [-0.05, 0) is 24.5 Å². The summed E-state index contributed by atoms with van der Waals surface area (Å²) in [4.78, 5) is 12.1. The topological polar surface area (TPSA) is 58.6 Å². The first-order chi connectivity index (χ1) is 8.60. The molecule has 0 fully saturated rings. The molecule has 1 aromatic rings. The van der Waals surface area contributed by atoms with E-state index in [-0.39, 0.29) is 24.5 Å². The second-order valence-electron chi connectivity index (χ2n) is 4.51. The van der Waals surface area contributed by atoms with Gasteiger partial charge in [-0.2, -0.15) is 0 Å². The lowest BCUT2D eigenvalue weighted by molar-refractivity contribution is 0.0911. The van der Waals surface area contributed by atoms with Crippen molar-refractivity contribution in [1.29, 1.82) is 0 Å². The quantitative estimate of drug-likeness (QED) is 0.807. The van der Waals surface area contributed by atoms with Crippen molar-refractivity contribution in [3.63, 3.8) is 0 Å². The minimum absolute atomic E-state index is 0.0311. The summed E-state index contributed by atoms with van der Waals surface area (Å²) in [6.07, 6.45) is 0. The Morgan fingerprint density at radius 3 is 2.67 bits per heavy atom. The van der Waals surface area contributed by atoms with Crippen LogP contribution in [0.1, 0.15) is 29.8 Å². The average Bonchev–Trinajstić information content (AvgIpc) is 2.38. The van der Waals surface area contributed by atoms with Gasteiger partial charge in [-0.25, -0.2) is 0 Å². The van der Waals surface area contributed by atoms with Crippen LogP contribution in [-0.4, -0.2) is 30.8 Å². The molecule has 0 spiro atoms. The third-order valence-corrected chi connectivity index (χ3v) is 3.06. The molecule has 0 aliphatic rings. The number of carbonyl (C=O) groups is 1. The SMILES string of the molecule is COCc1ccccc1C(=O)NC(C)C(C)CO. The number of carbonyl (C=O) groups excluding carboxylic acids is 1. The summed E-state index contributed by atoms with van der Waals surface area (Å²) in [5, 5.41) is 11.9. The number of rotatable bonds is 6. The molecule has 1 amide bonds. The maximum absolute atomic E-state index is 12.1. The Morgan fingerprint density at radius 2 is 2.06 bits per heavy atom. The van der Waals surface area contributed by atoms with Gasteiger partial charge in [-0.15, -0.1) is 0 Å². The van der Waals surface area contributed by atoms with E-state index >= 15 is 0 Å². The molecule has 1 aromatic carbocycles. The van der Waals surface area contributed by atoms with Gasteiger partial charge in [0.2, 0.25) is 0 Å². The van der Waals surface area contributed by atoms with Gasteiger partial charge >= 0.3 is 0 Å². The standard InChI is InChI=1S/C14H21NO3/c1-10(8-16)11(2)15-14(17)13-7-5-4-6-12(13)9-18-3/h4-7,10-11,16H,8-9H2,1-3H3,(H,15,17). The summed E-state index contributed by atoms with van der Waals surface area (Å²) < 4.78 is 5.07. The van der Waals surface area contributed by atoms with E-state index in [9.17, 15) is 4.79 Å². The highest BCUT2D eigenvalue weighted by Crippen LogP contribution is 2.11. The number of methoxy groups -OCH3 is 1. The van der Waals surface area contributed by atoms with E-state index in [4.69, 9.17) is 9.84 Å². The van der Waals surface area contributed by atoms with Gasteiger partial charge in [0.05, 0.1) is 6.61 Å². The molecule has 4 heteroatoms. The monoisotopic (exact) mass is 251 g/mol. The van der Waals surface area contributed by atoms with E-state index in [2.05, 4.69) is 5.32 Å². The number of nitrogens with one attached hydrogen (secondary N) is 1. The first-order valence-electron chi connectivity index (χ1n) is 6.08. The number of hydrogen-bond donors (Lipinski definition) is 2. The Morgan fingerprint density at radius 1 is 1.39 bits per heavy atom. The van der Waals surface area contributed by atoms with Crippen molar-refractivity contribution in [1.82, 2.24) is 5.32 Å². The smallest absolute Gasteiger partial charge is 0.251 e. The van der Waals surface area contributed by atoms with Crippen LogP contribution in [0.3, 0.4) is 0 Å². The minimum Gasteiger partial charge on any atom is -0.396 e. The van der Waals surface area contributed by atoms with Gasteiger partial charge in [0.25, 0.3) is 5.91 Å². The zero-order chi connectivity index (χ0) is 13.5. The predicted octanol–water partition coefficient (Wildman–Crippen LogP) is 1.58. The van der Waals surface area contributed by atoms with Crippen molar-refractivity contribution in [3.8, 4) is 0 Å². The van der Waals surface area contributed by atoms with Gasteiger partial charge in [-0.3, -0.25) is 4.79 Å². The average molecular weight is 251 g/mol. The van der Waals surface area contributed by atoms with Crippen LogP contribution in [0.25, 0.3) is 0 Å². The van der Waals surface area contributed by atoms with Crippen LogP contribution in [0.4, 0.5) is 0 Å². The van der Waals surface area contributed by atoms with Crippen molar-refractivity contribution in [2.45, 2.75) is 26.5 Å². The number of amides is 1. The Labute approximate surface area is 108 Å². The van der Waals surface area contributed by atoms with E-state index in [1.165, 1.54) is 0 Å². The maximum Gasteiger partial charge on any atom is 0.251 e. The molecular weight excluding hydrogens is 230 g/mol. The van der Waals surface area contributed by atoms with Crippen molar-refractivity contribution in [3.05, 3.63) is 35.4 Å². The van der Waals surface area contributed by atoms with Crippen LogP contribution >= 0.6 is 0 Å². The molecule has 18 heavy (non-hydrogen) atoms. The number of aliphatic hydroxyl groups is 1. The molecule has 0 aromatic heterocycles. The molecule has 0 saturated heterocycles. The van der Waals surface area contributed by atoms with Gasteiger partial charge in [-0.1, -0.05) is 25.1 Å². The zero-order valence-corrected chi connectivity index (χ0v) is 11.1. The van der Waals surface area contributed by atoms with Crippen LogP contribution in [0, 0.1) is 5.92 Å². The van der Waals surface area contributed by atoms with Crippen molar-refractivity contribution in [2.24, 2.45) is 5.92 Å². The highest BCUT2D eigenvalue weighted by molar-refractivity contribution is 5.95. The zero-order valence-electron chi connectivity index (χ0n) is 11.1. The van der Waals surface area contributed by atoms with Gasteiger partial charge < -0.3 is 15.2 Å². The maximum atomic E-state index is 12.1. The van der Waals surface area contributed by atoms with E-state index in [1.807, 2.05) is 32.0 Å². The van der Waals surface area contributed by atoms with Gasteiger partial charge in [0, 0.05) is 25.3 Å². The van der Waals surface area contributed by atoms with Crippen LogP contribution in [0.5, 0.6) is 0 Å². The lowest BCUT2D eigenvalue weighted by Gasteiger charge is -2.20. The molecular formula is C14H21NO3. The van der Waals surface area contributed by atoms with Crippen LogP contribution in [-0.2, 0) is 11.3 Å². The second kappa shape index (κ2) is 7.13. The molecule has 2 unspecified atom stereocenters. The Hall–Kier alpha value is -1.39. The Balaban J connectivity index is 2.77. The van der Waals surface area contributed by atoms with E-state index in [0.717, 1.165) is 5.56 Å². The molecule has 1 rings (SSSR count). The third kappa shape index (κ3) is 3.82. The van der Waals surface area contributed by atoms with Crippen LogP contribution in [0.15, 0.2) is 24.3 Å². The molecule has 100 valence electrons. The summed E-state index contributed by atoms with van der Waals surface area (Å²) in [6, 6.07) is 7.29. The fraction of sp³-hybridized carbons (Fsp3) is 0.500. The summed E-state index contributed by atoms with van der Waals surface area (Å²) in [6.45, 7) is 4.25. The molecule has 0 saturated carbocycles. The molecule has 0 aliphatic heterocycles. The van der Waals surface area contributed by atoms with Crippen molar-refractivity contribution < 1.29 is 14.6 Å². The fourth-order valence-corrected chi connectivity index (χ4v) is 1.61. The Bertz CT molecular complexity index is 392. The predicted molar refractivity (Wildman–Crippen MR) is 70.3 cm³/mol. The molecule has 2 N–H and O–H groups in total. The number of hydrogen-bond acceptors (Lipinski definition) is 3. The minimum atomic E-state index is -0.129. The molecule has 2 atom stereocenters. The van der Waals surface area contributed by atoms with E-state index in [0.29, 0.717) is 12.2 Å². The molecule has 0 bridgehead atoms. The van der Waals surface area contributed by atoms with E-state index < -0.39 is 0 Å². The van der Waals surface area contributed by atoms with Gasteiger partial charge in [0.15, 0.2) is 0 Å². The fourth-order valence-electron chi connectivity index (χ4n) is 1.61. The molecule has 0 heterocycles.